The summed E-state index contributed by atoms with van der Waals surface area (Å²) in [6.45, 7) is 5.73. The number of carbonyl (C=O) groups is 1. The Morgan fingerprint density at radius 1 is 1.54 bits per heavy atom. The molecule has 1 aliphatic rings. The molecule has 1 rings (SSSR count). The van der Waals surface area contributed by atoms with E-state index >= 15 is 0 Å². The van der Waals surface area contributed by atoms with Gasteiger partial charge in [-0.3, -0.25) is 0 Å². The van der Waals surface area contributed by atoms with E-state index in [9.17, 15) is 4.79 Å². The second kappa shape index (κ2) is 3.54. The maximum absolute atomic E-state index is 11.3. The Morgan fingerprint density at radius 2 is 2.08 bits per heavy atom. The Balaban J connectivity index is 2.32. The molecule has 13 heavy (non-hydrogen) atoms. The van der Waals surface area contributed by atoms with Crippen molar-refractivity contribution in [1.29, 1.82) is 0 Å². The predicted octanol–water partition coefficient (Wildman–Crippen LogP) is 0.574. The number of hydrogen-bond donors (Lipinski definition) is 3. The molecule has 1 saturated carbocycles. The van der Waals surface area contributed by atoms with E-state index in [0.717, 1.165) is 12.8 Å². The smallest absolute Gasteiger partial charge is 0.315 e. The minimum atomic E-state index is -0.348. The normalized spacial score (nSPS) is 19.4. The van der Waals surface area contributed by atoms with Gasteiger partial charge in [-0.1, -0.05) is 0 Å². The van der Waals surface area contributed by atoms with Gasteiger partial charge in [0, 0.05) is 12.1 Å². The van der Waals surface area contributed by atoms with E-state index in [1.807, 2.05) is 20.8 Å². The summed E-state index contributed by atoms with van der Waals surface area (Å²) in [5.74, 6) is 0. The highest BCUT2D eigenvalue weighted by molar-refractivity contribution is 5.75. The molecule has 0 aromatic rings. The van der Waals surface area contributed by atoms with Crippen LogP contribution >= 0.6 is 0 Å². The Kier molecular flexibility index (Phi) is 2.81. The van der Waals surface area contributed by atoms with Gasteiger partial charge in [0.25, 0.3) is 0 Å². The largest absolute Gasteiger partial charge is 0.335 e. The SMILES string of the molecule is CC(N)C(C)(C)NC(=O)NC1CC1. The minimum Gasteiger partial charge on any atom is -0.335 e. The summed E-state index contributed by atoms with van der Waals surface area (Å²) in [4.78, 5) is 11.3. The van der Waals surface area contributed by atoms with Gasteiger partial charge in [0.2, 0.25) is 0 Å². The topological polar surface area (TPSA) is 67.1 Å². The van der Waals surface area contributed by atoms with E-state index in [-0.39, 0.29) is 17.6 Å². The lowest BCUT2D eigenvalue weighted by Gasteiger charge is -2.30. The van der Waals surface area contributed by atoms with Crippen LogP contribution in [0, 0.1) is 0 Å². The van der Waals surface area contributed by atoms with Gasteiger partial charge < -0.3 is 16.4 Å². The number of rotatable bonds is 3. The quantitative estimate of drug-likeness (QED) is 0.602. The summed E-state index contributed by atoms with van der Waals surface area (Å²) < 4.78 is 0. The lowest BCUT2D eigenvalue weighted by Crippen LogP contribution is -2.57. The summed E-state index contributed by atoms with van der Waals surface area (Å²) in [6.07, 6.45) is 2.21. The molecular weight excluding hydrogens is 166 g/mol. The molecule has 0 heterocycles. The molecule has 4 nitrogen and oxygen atoms in total. The first-order chi connectivity index (χ1) is 5.92. The van der Waals surface area contributed by atoms with Gasteiger partial charge in [0.15, 0.2) is 0 Å². The van der Waals surface area contributed by atoms with E-state index in [2.05, 4.69) is 10.6 Å². The van der Waals surface area contributed by atoms with Gasteiger partial charge in [-0.05, 0) is 33.6 Å². The Morgan fingerprint density at radius 3 is 2.46 bits per heavy atom. The fourth-order valence-corrected chi connectivity index (χ4v) is 0.856. The van der Waals surface area contributed by atoms with Gasteiger partial charge in [-0.15, -0.1) is 0 Å². The lowest BCUT2D eigenvalue weighted by molar-refractivity contribution is 0.224. The second-order valence-electron chi connectivity index (χ2n) is 4.38. The van der Waals surface area contributed by atoms with E-state index in [1.54, 1.807) is 0 Å². The molecule has 1 fully saturated rings. The third-order valence-electron chi connectivity index (χ3n) is 2.49. The fourth-order valence-electron chi connectivity index (χ4n) is 0.856. The molecule has 0 radical (unpaired) electrons. The second-order valence-corrected chi connectivity index (χ2v) is 4.38. The van der Waals surface area contributed by atoms with Crippen molar-refractivity contribution < 1.29 is 4.79 Å². The highest BCUT2D eigenvalue weighted by Gasteiger charge is 2.28. The number of carbonyl (C=O) groups excluding carboxylic acids is 1. The molecular formula is C9H19N3O. The average Bonchev–Trinajstić information content (AvgIpc) is 2.69. The summed E-state index contributed by atoms with van der Waals surface area (Å²) in [5, 5.41) is 5.71. The van der Waals surface area contributed by atoms with Crippen molar-refractivity contribution in [1.82, 2.24) is 10.6 Å². The van der Waals surface area contributed by atoms with Crippen LogP contribution in [-0.4, -0.2) is 23.7 Å². The monoisotopic (exact) mass is 185 g/mol. The number of nitrogens with two attached hydrogens (primary N) is 1. The maximum atomic E-state index is 11.3. The van der Waals surface area contributed by atoms with Gasteiger partial charge in [-0.2, -0.15) is 0 Å². The van der Waals surface area contributed by atoms with E-state index in [4.69, 9.17) is 5.73 Å². The third-order valence-corrected chi connectivity index (χ3v) is 2.49. The molecule has 0 aliphatic heterocycles. The van der Waals surface area contributed by atoms with Crippen molar-refractivity contribution in [2.75, 3.05) is 0 Å². The summed E-state index contributed by atoms with van der Waals surface area (Å²) in [6, 6.07) is 0.228. The number of nitrogens with one attached hydrogen (secondary N) is 2. The number of urea groups is 1. The van der Waals surface area contributed by atoms with E-state index in [1.165, 1.54) is 0 Å². The van der Waals surface area contributed by atoms with Crippen molar-refractivity contribution in [3.05, 3.63) is 0 Å². The average molecular weight is 185 g/mol. The third kappa shape index (κ3) is 3.22. The van der Waals surface area contributed by atoms with Crippen molar-refractivity contribution in [3.63, 3.8) is 0 Å². The van der Waals surface area contributed by atoms with Crippen LogP contribution < -0.4 is 16.4 Å². The lowest BCUT2D eigenvalue weighted by atomic mass is 9.97. The van der Waals surface area contributed by atoms with Crippen LogP contribution in [0.15, 0.2) is 0 Å². The number of amides is 2. The molecule has 0 aromatic carbocycles. The van der Waals surface area contributed by atoms with Crippen molar-refractivity contribution in [3.8, 4) is 0 Å². The van der Waals surface area contributed by atoms with Crippen LogP contribution in [0.5, 0.6) is 0 Å². The molecule has 76 valence electrons. The summed E-state index contributed by atoms with van der Waals surface area (Å²) >= 11 is 0. The standard InChI is InChI=1S/C9H19N3O/c1-6(10)9(2,3)12-8(13)11-7-4-5-7/h6-7H,4-5,10H2,1-3H3,(H2,11,12,13). The molecule has 2 amide bonds. The van der Waals surface area contributed by atoms with Crippen LogP contribution in [0.1, 0.15) is 33.6 Å². The highest BCUT2D eigenvalue weighted by Crippen LogP contribution is 2.18. The molecule has 1 atom stereocenters. The minimum absolute atomic E-state index is 0.0579. The van der Waals surface area contributed by atoms with Crippen molar-refractivity contribution >= 4 is 6.03 Å². The van der Waals surface area contributed by atoms with Crippen LogP contribution in [0.2, 0.25) is 0 Å². The molecule has 0 bridgehead atoms. The molecule has 4 N–H and O–H groups in total. The zero-order valence-electron chi connectivity index (χ0n) is 8.55. The summed E-state index contributed by atoms with van der Waals surface area (Å²) in [5.41, 5.74) is 5.37. The van der Waals surface area contributed by atoms with Crippen LogP contribution in [-0.2, 0) is 0 Å². The first-order valence-electron chi connectivity index (χ1n) is 4.76. The molecule has 0 aromatic heterocycles. The van der Waals surface area contributed by atoms with Gasteiger partial charge in [0.1, 0.15) is 0 Å². The zero-order valence-corrected chi connectivity index (χ0v) is 8.55. The Bertz CT molecular complexity index is 197. The first kappa shape index (κ1) is 10.3. The molecule has 4 heteroatoms. The molecule has 1 unspecified atom stereocenters. The van der Waals surface area contributed by atoms with Crippen LogP contribution in [0.3, 0.4) is 0 Å². The summed E-state index contributed by atoms with van der Waals surface area (Å²) in [7, 11) is 0. The first-order valence-corrected chi connectivity index (χ1v) is 4.76. The number of hydrogen-bond acceptors (Lipinski definition) is 2. The Labute approximate surface area is 79.3 Å². The maximum Gasteiger partial charge on any atom is 0.315 e. The van der Waals surface area contributed by atoms with Gasteiger partial charge in [-0.25, -0.2) is 4.79 Å². The van der Waals surface area contributed by atoms with Crippen LogP contribution in [0.25, 0.3) is 0 Å². The predicted molar refractivity (Wildman–Crippen MR) is 52.4 cm³/mol. The highest BCUT2D eigenvalue weighted by atomic mass is 16.2. The molecule has 1 aliphatic carbocycles. The van der Waals surface area contributed by atoms with E-state index in [0.29, 0.717) is 6.04 Å². The van der Waals surface area contributed by atoms with Crippen LogP contribution in [0.4, 0.5) is 4.79 Å². The van der Waals surface area contributed by atoms with Crippen molar-refractivity contribution in [2.45, 2.75) is 51.2 Å². The fraction of sp³-hybridized carbons (Fsp3) is 0.889. The zero-order chi connectivity index (χ0) is 10.1. The molecule has 0 spiro atoms. The van der Waals surface area contributed by atoms with Gasteiger partial charge >= 0.3 is 6.03 Å². The van der Waals surface area contributed by atoms with Gasteiger partial charge in [0.05, 0.1) is 5.54 Å². The Hall–Kier alpha value is -0.770. The van der Waals surface area contributed by atoms with Crippen molar-refractivity contribution in [2.24, 2.45) is 5.73 Å². The molecule has 0 saturated heterocycles. The van der Waals surface area contributed by atoms with E-state index < -0.39 is 0 Å².